The molecule has 0 aromatic carbocycles. The number of thioether (sulfide) groups is 1. The molecule has 0 bridgehead atoms. The van der Waals surface area contributed by atoms with Crippen molar-refractivity contribution in [1.82, 2.24) is 5.32 Å². The smallest absolute Gasteiger partial charge is 0.151 e. The normalized spacial score (nSPS) is 27.7. The molecule has 0 aromatic heterocycles. The lowest BCUT2D eigenvalue weighted by Crippen LogP contribution is -2.38. The minimum absolute atomic E-state index is 0.187. The molecule has 1 aliphatic rings. The summed E-state index contributed by atoms with van der Waals surface area (Å²) in [4.78, 5) is 0. The van der Waals surface area contributed by atoms with Crippen LogP contribution in [0, 0.1) is 0 Å². The highest BCUT2D eigenvalue weighted by atomic mass is 32.2. The molecule has 0 aromatic rings. The number of sulfone groups is 1. The summed E-state index contributed by atoms with van der Waals surface area (Å²) < 4.78 is 22.4. The summed E-state index contributed by atoms with van der Waals surface area (Å²) in [5.74, 6) is 2.87. The Kier molecular flexibility index (Phi) is 4.73. The molecule has 84 valence electrons. The van der Waals surface area contributed by atoms with Crippen molar-refractivity contribution in [2.24, 2.45) is 0 Å². The fourth-order valence-corrected chi connectivity index (χ4v) is 4.04. The van der Waals surface area contributed by atoms with Crippen LogP contribution < -0.4 is 5.32 Å². The summed E-state index contributed by atoms with van der Waals surface area (Å²) in [6, 6.07) is 0.603. The first-order valence-electron chi connectivity index (χ1n) is 5.07. The maximum absolute atomic E-state index is 11.2. The molecular formula is C9H19NO2S2. The third-order valence-electron chi connectivity index (χ3n) is 2.32. The van der Waals surface area contributed by atoms with Crippen LogP contribution in [0.1, 0.15) is 20.3 Å². The van der Waals surface area contributed by atoms with E-state index in [1.54, 1.807) is 0 Å². The largest absolute Gasteiger partial charge is 0.310 e. The second kappa shape index (κ2) is 5.37. The lowest BCUT2D eigenvalue weighted by molar-refractivity contribution is 0.500. The molecule has 0 saturated carbocycles. The molecule has 3 nitrogen and oxygen atoms in total. The van der Waals surface area contributed by atoms with Gasteiger partial charge < -0.3 is 5.32 Å². The van der Waals surface area contributed by atoms with E-state index < -0.39 is 9.84 Å². The summed E-state index contributed by atoms with van der Waals surface area (Å²) in [6.07, 6.45) is 0.781. The summed E-state index contributed by atoms with van der Waals surface area (Å²) in [5, 5.41) is 3.37. The second-order valence-electron chi connectivity index (χ2n) is 3.83. The highest BCUT2D eigenvalue weighted by Crippen LogP contribution is 2.12. The Morgan fingerprint density at radius 1 is 1.57 bits per heavy atom. The summed E-state index contributed by atoms with van der Waals surface area (Å²) in [5.41, 5.74) is 0. The number of hydrogen-bond donors (Lipinski definition) is 1. The number of rotatable bonds is 5. The second-order valence-corrected chi connectivity index (χ2v) is 7.37. The first kappa shape index (κ1) is 12.3. The average molecular weight is 237 g/mol. The summed E-state index contributed by atoms with van der Waals surface area (Å²) >= 11 is 1.89. The standard InChI is InChI=1S/C9H19NO2S2/c1-3-13-6-8(2)10-9-4-5-14(11,12)7-9/h8-10H,3-7H2,1-2H3. The zero-order valence-electron chi connectivity index (χ0n) is 8.82. The van der Waals surface area contributed by atoms with Crippen LogP contribution in [0.15, 0.2) is 0 Å². The van der Waals surface area contributed by atoms with E-state index >= 15 is 0 Å². The van der Waals surface area contributed by atoms with Gasteiger partial charge in [0.05, 0.1) is 11.5 Å². The molecule has 2 unspecified atom stereocenters. The quantitative estimate of drug-likeness (QED) is 0.772. The van der Waals surface area contributed by atoms with Gasteiger partial charge in [-0.1, -0.05) is 6.92 Å². The van der Waals surface area contributed by atoms with Crippen molar-refractivity contribution in [1.29, 1.82) is 0 Å². The van der Waals surface area contributed by atoms with E-state index in [9.17, 15) is 8.42 Å². The molecule has 0 spiro atoms. The Balaban J connectivity index is 2.25. The zero-order chi connectivity index (χ0) is 10.6. The van der Waals surface area contributed by atoms with Gasteiger partial charge in [0, 0.05) is 17.8 Å². The molecule has 0 radical (unpaired) electrons. The molecule has 5 heteroatoms. The van der Waals surface area contributed by atoms with Crippen molar-refractivity contribution in [2.45, 2.75) is 32.4 Å². The van der Waals surface area contributed by atoms with E-state index in [2.05, 4.69) is 19.2 Å². The molecule has 1 saturated heterocycles. The summed E-state index contributed by atoms with van der Waals surface area (Å²) in [6.45, 7) is 4.25. The van der Waals surface area contributed by atoms with Crippen LogP contribution in [0.3, 0.4) is 0 Å². The van der Waals surface area contributed by atoms with Gasteiger partial charge in [0.1, 0.15) is 0 Å². The third-order valence-corrected chi connectivity index (χ3v) is 5.24. The van der Waals surface area contributed by atoms with Crippen LogP contribution in [0.4, 0.5) is 0 Å². The van der Waals surface area contributed by atoms with E-state index in [0.29, 0.717) is 17.5 Å². The first-order valence-corrected chi connectivity index (χ1v) is 8.05. The maximum atomic E-state index is 11.2. The topological polar surface area (TPSA) is 46.2 Å². The van der Waals surface area contributed by atoms with Crippen LogP contribution in [0.5, 0.6) is 0 Å². The van der Waals surface area contributed by atoms with Crippen molar-refractivity contribution in [3.63, 3.8) is 0 Å². The molecule has 1 N–H and O–H groups in total. The lowest BCUT2D eigenvalue weighted by Gasteiger charge is -2.17. The Morgan fingerprint density at radius 3 is 2.79 bits per heavy atom. The monoisotopic (exact) mass is 237 g/mol. The predicted molar refractivity (Wildman–Crippen MR) is 62.7 cm³/mol. The predicted octanol–water partition coefficient (Wildman–Crippen LogP) is 0.905. The van der Waals surface area contributed by atoms with E-state index in [1.165, 1.54) is 0 Å². The Hall–Kier alpha value is 0.260. The SMILES string of the molecule is CCSCC(C)NC1CCS(=O)(=O)C1. The minimum Gasteiger partial charge on any atom is -0.310 e. The molecule has 1 fully saturated rings. The third kappa shape index (κ3) is 4.19. The van der Waals surface area contributed by atoms with E-state index in [0.717, 1.165) is 17.9 Å². The molecule has 1 rings (SSSR count). The van der Waals surface area contributed by atoms with Crippen molar-refractivity contribution in [3.05, 3.63) is 0 Å². The van der Waals surface area contributed by atoms with Crippen molar-refractivity contribution in [2.75, 3.05) is 23.0 Å². The maximum Gasteiger partial charge on any atom is 0.151 e. The lowest BCUT2D eigenvalue weighted by atomic mass is 10.2. The molecule has 0 aliphatic carbocycles. The Bertz CT molecular complexity index is 264. The van der Waals surface area contributed by atoms with Gasteiger partial charge in [-0.3, -0.25) is 0 Å². The van der Waals surface area contributed by atoms with Crippen LogP contribution in [0.25, 0.3) is 0 Å². The fourth-order valence-electron chi connectivity index (χ4n) is 1.67. The van der Waals surface area contributed by atoms with Crippen LogP contribution in [-0.4, -0.2) is 43.5 Å². The molecule has 2 atom stereocenters. The molecular weight excluding hydrogens is 218 g/mol. The molecule has 0 amide bonds. The molecule has 14 heavy (non-hydrogen) atoms. The van der Waals surface area contributed by atoms with Crippen molar-refractivity contribution >= 4 is 21.6 Å². The van der Waals surface area contributed by atoms with E-state index in [1.807, 2.05) is 11.8 Å². The Morgan fingerprint density at radius 2 is 2.29 bits per heavy atom. The number of nitrogens with one attached hydrogen (secondary N) is 1. The van der Waals surface area contributed by atoms with Crippen molar-refractivity contribution < 1.29 is 8.42 Å². The van der Waals surface area contributed by atoms with Gasteiger partial charge in [0.15, 0.2) is 9.84 Å². The van der Waals surface area contributed by atoms with Crippen LogP contribution in [0.2, 0.25) is 0 Å². The van der Waals surface area contributed by atoms with Gasteiger partial charge in [-0.05, 0) is 19.1 Å². The Labute approximate surface area is 91.0 Å². The highest BCUT2D eigenvalue weighted by Gasteiger charge is 2.28. The van der Waals surface area contributed by atoms with Gasteiger partial charge in [-0.15, -0.1) is 0 Å². The minimum atomic E-state index is -2.73. The summed E-state index contributed by atoms with van der Waals surface area (Å²) in [7, 11) is -2.73. The van der Waals surface area contributed by atoms with Crippen LogP contribution >= 0.6 is 11.8 Å². The molecule has 1 heterocycles. The van der Waals surface area contributed by atoms with E-state index in [4.69, 9.17) is 0 Å². The van der Waals surface area contributed by atoms with Gasteiger partial charge in [-0.2, -0.15) is 11.8 Å². The van der Waals surface area contributed by atoms with E-state index in [-0.39, 0.29) is 6.04 Å². The fraction of sp³-hybridized carbons (Fsp3) is 1.00. The van der Waals surface area contributed by atoms with Gasteiger partial charge in [0.25, 0.3) is 0 Å². The van der Waals surface area contributed by atoms with Gasteiger partial charge in [0.2, 0.25) is 0 Å². The highest BCUT2D eigenvalue weighted by molar-refractivity contribution is 7.99. The van der Waals surface area contributed by atoms with Crippen molar-refractivity contribution in [3.8, 4) is 0 Å². The van der Waals surface area contributed by atoms with Gasteiger partial charge >= 0.3 is 0 Å². The molecule has 1 aliphatic heterocycles. The zero-order valence-corrected chi connectivity index (χ0v) is 10.5. The van der Waals surface area contributed by atoms with Gasteiger partial charge in [-0.25, -0.2) is 8.42 Å². The first-order chi connectivity index (χ1) is 6.53. The van der Waals surface area contributed by atoms with Crippen LogP contribution in [-0.2, 0) is 9.84 Å². The number of hydrogen-bond acceptors (Lipinski definition) is 4. The average Bonchev–Trinajstić information content (AvgIpc) is 2.42.